The van der Waals surface area contributed by atoms with E-state index in [0.717, 1.165) is 5.56 Å². The second kappa shape index (κ2) is 7.75. The molecule has 0 aliphatic carbocycles. The number of carbonyl (C=O) groups excluding carboxylic acids is 1. The van der Waals surface area contributed by atoms with E-state index in [2.05, 4.69) is 10.4 Å². The number of amides is 1. The van der Waals surface area contributed by atoms with E-state index in [9.17, 15) is 14.0 Å². The molecule has 0 saturated heterocycles. The van der Waals surface area contributed by atoms with Crippen LogP contribution in [0.3, 0.4) is 0 Å². The summed E-state index contributed by atoms with van der Waals surface area (Å²) in [6, 6.07) is 12.6. The zero-order valence-electron chi connectivity index (χ0n) is 15.6. The Morgan fingerprint density at radius 3 is 2.69 bits per heavy atom. The van der Waals surface area contributed by atoms with Gasteiger partial charge in [0.15, 0.2) is 17.2 Å². The molecule has 1 N–H and O–H groups in total. The fraction of sp³-hybridized carbons (Fsp3) is 0.190. The summed E-state index contributed by atoms with van der Waals surface area (Å²) in [5.41, 5.74) is 0.518. The number of halogens is 1. The van der Waals surface area contributed by atoms with Crippen LogP contribution in [0.15, 0.2) is 53.3 Å². The van der Waals surface area contributed by atoms with Gasteiger partial charge in [0.05, 0.1) is 0 Å². The highest BCUT2D eigenvalue weighted by Crippen LogP contribution is 2.30. The van der Waals surface area contributed by atoms with E-state index in [4.69, 9.17) is 9.47 Å². The van der Waals surface area contributed by atoms with Gasteiger partial charge in [-0.1, -0.05) is 18.2 Å². The molecule has 4 rings (SSSR count). The molecule has 2 aromatic carbocycles. The molecule has 1 amide bonds. The third kappa shape index (κ3) is 3.82. The molecule has 0 radical (unpaired) electrons. The van der Waals surface area contributed by atoms with Gasteiger partial charge in [-0.3, -0.25) is 9.59 Å². The number of aromatic nitrogens is 2. The van der Waals surface area contributed by atoms with Crippen LogP contribution < -0.4 is 20.2 Å². The maximum absolute atomic E-state index is 14.1. The van der Waals surface area contributed by atoms with E-state index >= 15 is 0 Å². The molecular weight excluding hydrogens is 377 g/mol. The quantitative estimate of drug-likeness (QED) is 0.734. The highest BCUT2D eigenvalue weighted by atomic mass is 19.1. The fourth-order valence-corrected chi connectivity index (χ4v) is 3.04. The van der Waals surface area contributed by atoms with E-state index in [1.165, 1.54) is 22.9 Å². The van der Waals surface area contributed by atoms with Crippen LogP contribution in [0.4, 0.5) is 4.39 Å². The molecule has 0 saturated carbocycles. The predicted molar refractivity (Wildman–Crippen MR) is 103 cm³/mol. The molecule has 0 fully saturated rings. The van der Waals surface area contributed by atoms with Gasteiger partial charge < -0.3 is 14.8 Å². The molecule has 0 unspecified atom stereocenters. The fourth-order valence-electron chi connectivity index (χ4n) is 3.04. The topological polar surface area (TPSA) is 82.5 Å². The van der Waals surface area contributed by atoms with Crippen LogP contribution in [0.1, 0.15) is 21.7 Å². The second-order valence-corrected chi connectivity index (χ2v) is 6.52. The SMILES string of the molecule is Cc1cc(=O)c(C(=O)NCc2ccc3c(c2)OCCO3)nn1-c1ccccc1F. The van der Waals surface area contributed by atoms with Gasteiger partial charge in [-0.15, -0.1) is 0 Å². The Bertz CT molecular complexity index is 1140. The molecule has 1 aliphatic rings. The number of nitrogens with zero attached hydrogens (tertiary/aromatic N) is 2. The molecular formula is C21H18FN3O4. The first-order valence-electron chi connectivity index (χ1n) is 9.05. The van der Waals surface area contributed by atoms with Crippen LogP contribution >= 0.6 is 0 Å². The summed E-state index contributed by atoms with van der Waals surface area (Å²) >= 11 is 0. The van der Waals surface area contributed by atoms with E-state index in [1.807, 2.05) is 0 Å². The molecule has 148 valence electrons. The average Bonchev–Trinajstić information content (AvgIpc) is 2.73. The van der Waals surface area contributed by atoms with Crippen LogP contribution in [0, 0.1) is 12.7 Å². The monoisotopic (exact) mass is 395 g/mol. The van der Waals surface area contributed by atoms with Crippen LogP contribution in [-0.4, -0.2) is 28.9 Å². The third-order valence-electron chi connectivity index (χ3n) is 4.46. The normalized spacial score (nSPS) is 12.5. The molecule has 29 heavy (non-hydrogen) atoms. The lowest BCUT2D eigenvalue weighted by molar-refractivity contribution is 0.0942. The maximum atomic E-state index is 14.1. The number of benzene rings is 2. The number of nitrogens with one attached hydrogen (secondary N) is 1. The molecule has 8 heteroatoms. The first-order chi connectivity index (χ1) is 14.0. The molecule has 1 aliphatic heterocycles. The zero-order chi connectivity index (χ0) is 20.4. The van der Waals surface area contributed by atoms with Crippen molar-refractivity contribution in [2.24, 2.45) is 0 Å². The minimum atomic E-state index is -0.644. The van der Waals surface area contributed by atoms with Crippen molar-refractivity contribution >= 4 is 5.91 Å². The van der Waals surface area contributed by atoms with Crippen molar-refractivity contribution in [3.63, 3.8) is 0 Å². The van der Waals surface area contributed by atoms with Crippen molar-refractivity contribution in [2.75, 3.05) is 13.2 Å². The van der Waals surface area contributed by atoms with Gasteiger partial charge in [0.25, 0.3) is 5.91 Å². The Hall–Kier alpha value is -3.68. The van der Waals surface area contributed by atoms with Gasteiger partial charge in [-0.05, 0) is 36.8 Å². The maximum Gasteiger partial charge on any atom is 0.276 e. The van der Waals surface area contributed by atoms with E-state index in [1.54, 1.807) is 37.3 Å². The first kappa shape index (κ1) is 18.7. The Labute approximate surface area is 165 Å². The van der Waals surface area contributed by atoms with E-state index in [0.29, 0.717) is 30.4 Å². The van der Waals surface area contributed by atoms with Gasteiger partial charge in [0.1, 0.15) is 24.7 Å². The van der Waals surface area contributed by atoms with Gasteiger partial charge in [0.2, 0.25) is 5.43 Å². The Balaban J connectivity index is 1.57. The molecule has 7 nitrogen and oxygen atoms in total. The Morgan fingerprint density at radius 1 is 1.14 bits per heavy atom. The lowest BCUT2D eigenvalue weighted by Gasteiger charge is -2.19. The summed E-state index contributed by atoms with van der Waals surface area (Å²) in [4.78, 5) is 24.9. The van der Waals surface area contributed by atoms with Crippen molar-refractivity contribution in [3.05, 3.63) is 81.5 Å². The summed E-state index contributed by atoms with van der Waals surface area (Å²) in [5.74, 6) is 0.113. The second-order valence-electron chi connectivity index (χ2n) is 6.52. The number of rotatable bonds is 4. The number of ether oxygens (including phenoxy) is 2. The van der Waals surface area contributed by atoms with Crippen molar-refractivity contribution in [3.8, 4) is 17.2 Å². The number of hydrogen-bond acceptors (Lipinski definition) is 5. The summed E-state index contributed by atoms with van der Waals surface area (Å²) in [5, 5.41) is 6.76. The summed E-state index contributed by atoms with van der Waals surface area (Å²) in [7, 11) is 0. The van der Waals surface area contributed by atoms with Gasteiger partial charge >= 0.3 is 0 Å². The van der Waals surface area contributed by atoms with Gasteiger partial charge in [0, 0.05) is 18.3 Å². The minimum absolute atomic E-state index is 0.158. The van der Waals surface area contributed by atoms with Crippen molar-refractivity contribution < 1.29 is 18.7 Å². The number of para-hydroxylation sites is 1. The number of aryl methyl sites for hydroxylation is 1. The molecule has 0 atom stereocenters. The minimum Gasteiger partial charge on any atom is -0.486 e. The van der Waals surface area contributed by atoms with Gasteiger partial charge in [-0.2, -0.15) is 5.10 Å². The zero-order valence-corrected chi connectivity index (χ0v) is 15.6. The van der Waals surface area contributed by atoms with Crippen LogP contribution in [0.5, 0.6) is 11.5 Å². The largest absolute Gasteiger partial charge is 0.486 e. The predicted octanol–water partition coefficient (Wildman–Crippen LogP) is 2.38. The Kier molecular flexibility index (Phi) is 4.99. The van der Waals surface area contributed by atoms with Crippen molar-refractivity contribution in [1.29, 1.82) is 0 Å². The lowest BCUT2D eigenvalue weighted by Crippen LogP contribution is -2.31. The lowest BCUT2D eigenvalue weighted by atomic mass is 10.2. The smallest absolute Gasteiger partial charge is 0.276 e. The van der Waals surface area contributed by atoms with Crippen LogP contribution in [0.2, 0.25) is 0 Å². The van der Waals surface area contributed by atoms with Crippen molar-refractivity contribution in [2.45, 2.75) is 13.5 Å². The number of hydrogen-bond donors (Lipinski definition) is 1. The molecule has 0 bridgehead atoms. The highest BCUT2D eigenvalue weighted by Gasteiger charge is 2.17. The van der Waals surface area contributed by atoms with Crippen LogP contribution in [0.25, 0.3) is 5.69 Å². The van der Waals surface area contributed by atoms with Crippen molar-refractivity contribution in [1.82, 2.24) is 15.1 Å². The summed E-state index contributed by atoms with van der Waals surface area (Å²) in [6.07, 6.45) is 0. The summed E-state index contributed by atoms with van der Waals surface area (Å²) in [6.45, 7) is 2.75. The number of carbonyl (C=O) groups is 1. The number of fused-ring (bicyclic) bond motifs is 1. The molecule has 0 spiro atoms. The highest BCUT2D eigenvalue weighted by molar-refractivity contribution is 5.92. The molecule has 1 aromatic heterocycles. The Morgan fingerprint density at radius 2 is 1.90 bits per heavy atom. The summed E-state index contributed by atoms with van der Waals surface area (Å²) < 4.78 is 26.4. The van der Waals surface area contributed by atoms with E-state index in [-0.39, 0.29) is 17.9 Å². The average molecular weight is 395 g/mol. The first-order valence-corrected chi connectivity index (χ1v) is 9.05. The van der Waals surface area contributed by atoms with E-state index < -0.39 is 17.2 Å². The molecule has 3 aromatic rings. The van der Waals surface area contributed by atoms with Crippen LogP contribution in [-0.2, 0) is 6.54 Å². The van der Waals surface area contributed by atoms with Gasteiger partial charge in [-0.25, -0.2) is 9.07 Å². The molecule has 2 heterocycles. The third-order valence-corrected chi connectivity index (χ3v) is 4.46. The standard InChI is InChI=1S/C21H18FN3O4/c1-13-10-17(26)20(24-25(13)16-5-3-2-4-15(16)22)21(27)23-12-14-6-7-18-19(11-14)29-9-8-28-18/h2-7,10-11H,8-9,12H2,1H3,(H,23,27).